The van der Waals surface area contributed by atoms with Crippen LogP contribution < -0.4 is 77.4 Å². The molecule has 0 saturated carbocycles. The number of Topliss-reactive ketones (excluding diaryl/α,β-unsaturated/α-hetero) is 2. The molecule has 5 aromatic heterocycles. The number of nitrogens with one attached hydrogen (secondary N) is 8. The number of aliphatic imine (C=N–C) groups is 1. The van der Waals surface area contributed by atoms with Gasteiger partial charge in [0.2, 0.25) is 71.0 Å². The van der Waals surface area contributed by atoms with Crippen LogP contribution in [0.15, 0.2) is 33.6 Å². The van der Waals surface area contributed by atoms with E-state index in [0.717, 1.165) is 72.3 Å². The molecular formula is C90H148N26O16. The van der Waals surface area contributed by atoms with Crippen molar-refractivity contribution in [3.63, 3.8) is 0 Å². The number of nitrogens with two attached hydrogens (primary N) is 6. The topological polar surface area (TPSA) is 626 Å². The van der Waals surface area contributed by atoms with Gasteiger partial charge in [-0.05, 0) is 70.9 Å². The van der Waals surface area contributed by atoms with Crippen molar-refractivity contribution in [1.29, 1.82) is 0 Å². The SMILES string of the molecule is CCCCCCCCCCCCCCCCCC(=O)CCC(CNC(=O)CCCCCCCCCCCCCCCCC)OC(=O)CCC(=O)NC(CCCCN)C(=O)NCCN(CC(=O)NCCN(CC(=O)NCCN(CC(=O)NC(CCCCN)C(N)=O)C(=O)Cn1cnc2c(=O)[nH]c(N)nc21)C(=O)Cn1cnc2c(=O)[nH]c(N)nc21)C(=O)Cn1cnc2c1N=C(N)CC2=O. The van der Waals surface area contributed by atoms with Gasteiger partial charge in [-0.2, -0.15) is 9.97 Å². The minimum Gasteiger partial charge on any atom is -0.460 e. The van der Waals surface area contributed by atoms with Gasteiger partial charge >= 0.3 is 5.97 Å². The molecule has 6 heterocycles. The van der Waals surface area contributed by atoms with Crippen LogP contribution in [0.3, 0.4) is 0 Å². The standard InChI is InChI=1S/C90H148N26O16/c1-3-5-7-9-11-13-15-17-19-21-23-25-27-29-31-37-64(117)41-42-65(54-100-70(119)40-32-30-28-26-24-22-20-18-16-14-12-10-8-6-4-2)132-78(127)44-43-71(120)105-67(39-34-36-46-92)86(129)99-49-52-112(75(124)58-114-61-101-79-68(118)53-69(93)106-83(79)114)56-73(122)97-47-50-111(76(125)59-115-62-102-80-84(115)107-89(95)109-87(80)130)55-72(121)98-48-51-113(57-74(123)104-66(82(94)128)38-33-35-45-91)77(126)60-116-63-103-81-85(116)108-90(96)110-88(81)131/h61-63,65-67H,3-60,91-92H2,1-2H3,(H2,93,106)(H2,94,128)(H,97,122)(H,98,121)(H,99,129)(H,100,119)(H,104,123)(H,105,120)(H3,95,107,109,130)(H3,96,108,110,131). The van der Waals surface area contributed by atoms with Gasteiger partial charge in [-0.25, -0.2) is 19.9 Å². The van der Waals surface area contributed by atoms with Gasteiger partial charge in [0.15, 0.2) is 39.6 Å². The average Bonchev–Trinajstić information content (AvgIpc) is 1.65. The second-order valence-corrected chi connectivity index (χ2v) is 34.3. The lowest BCUT2D eigenvalue weighted by Gasteiger charge is -2.26. The summed E-state index contributed by atoms with van der Waals surface area (Å²) in [6.07, 6.45) is 40.6. The van der Waals surface area contributed by atoms with Crippen LogP contribution in [0, 0.1) is 0 Å². The Bertz CT molecular complexity index is 4560. The number of carbonyl (C=O) groups is 13. The van der Waals surface area contributed by atoms with Crippen molar-refractivity contribution in [2.75, 3.05) is 90.0 Å². The van der Waals surface area contributed by atoms with Crippen LogP contribution >= 0.6 is 0 Å². The third-order valence-corrected chi connectivity index (χ3v) is 23.1. The summed E-state index contributed by atoms with van der Waals surface area (Å²) in [5.74, 6) is -8.91. The molecule has 132 heavy (non-hydrogen) atoms. The first kappa shape index (κ1) is 109. The fourth-order valence-corrected chi connectivity index (χ4v) is 15.6. The summed E-state index contributed by atoms with van der Waals surface area (Å²) in [4.78, 5) is 236. The number of H-pyrrole nitrogens is 2. The fourth-order valence-electron chi connectivity index (χ4n) is 15.6. The highest BCUT2D eigenvalue weighted by atomic mass is 16.5. The third kappa shape index (κ3) is 42.3. The molecule has 0 aliphatic carbocycles. The molecule has 0 saturated heterocycles. The molecule has 0 bridgehead atoms. The predicted octanol–water partition coefficient (Wildman–Crippen LogP) is 5.12. The molecule has 1 aliphatic rings. The zero-order chi connectivity index (χ0) is 95.8. The van der Waals surface area contributed by atoms with Gasteiger partial charge in [-0.15, -0.1) is 0 Å². The molecule has 42 nitrogen and oxygen atoms in total. The molecular weight excluding hydrogens is 1700 g/mol. The summed E-state index contributed by atoms with van der Waals surface area (Å²) in [6.45, 7) is -0.939. The number of esters is 1. The first-order valence-electron chi connectivity index (χ1n) is 47.9. The summed E-state index contributed by atoms with van der Waals surface area (Å²) in [6, 6.07) is -2.31. The van der Waals surface area contributed by atoms with Crippen molar-refractivity contribution in [3.05, 3.63) is 45.4 Å². The number of unbranched alkanes of at least 4 members (excludes halogenated alkanes) is 30. The third-order valence-electron chi connectivity index (χ3n) is 23.1. The van der Waals surface area contributed by atoms with Gasteiger partial charge in [0.25, 0.3) is 11.1 Å². The predicted molar refractivity (Wildman–Crippen MR) is 501 cm³/mol. The molecule has 0 radical (unpaired) electrons. The maximum absolute atomic E-state index is 14.5. The van der Waals surface area contributed by atoms with Gasteiger partial charge in [0, 0.05) is 65.0 Å². The number of nitrogen functional groups attached to an aromatic ring is 2. The Morgan fingerprint density at radius 1 is 0.439 bits per heavy atom. The van der Waals surface area contributed by atoms with E-state index < -0.39 is 153 Å². The molecule has 5 aromatic rings. The molecule has 20 N–H and O–H groups in total. The Morgan fingerprint density at radius 3 is 1.30 bits per heavy atom. The molecule has 3 atom stereocenters. The quantitative estimate of drug-likeness (QED) is 0.0177. The van der Waals surface area contributed by atoms with Crippen LogP contribution in [0.4, 0.5) is 17.7 Å². The fraction of sp³-hybridized carbons (Fsp3) is 0.700. The number of aromatic nitrogens is 10. The maximum Gasteiger partial charge on any atom is 0.306 e. The van der Waals surface area contributed by atoms with Gasteiger partial charge in [0.05, 0.1) is 58.0 Å². The average molecular weight is 1850 g/mol. The summed E-state index contributed by atoms with van der Waals surface area (Å²) in [5.41, 5.74) is 32.8. The minimum absolute atomic E-state index is 0.0132. The molecule has 0 fully saturated rings. The molecule has 10 amide bonds. The van der Waals surface area contributed by atoms with Crippen molar-refractivity contribution < 1.29 is 67.1 Å². The van der Waals surface area contributed by atoms with Crippen LogP contribution in [0.25, 0.3) is 22.3 Å². The van der Waals surface area contributed by atoms with E-state index >= 15 is 0 Å². The van der Waals surface area contributed by atoms with E-state index in [2.05, 4.69) is 85.6 Å². The summed E-state index contributed by atoms with van der Waals surface area (Å²) in [5, 5.41) is 16.2. The van der Waals surface area contributed by atoms with Crippen LogP contribution in [-0.2, 0) is 81.9 Å². The zero-order valence-electron chi connectivity index (χ0n) is 77.8. The number of ether oxygens (including phenoxy) is 1. The maximum atomic E-state index is 14.5. The van der Waals surface area contributed by atoms with E-state index in [1.807, 2.05) is 0 Å². The van der Waals surface area contributed by atoms with E-state index in [9.17, 15) is 71.9 Å². The number of hydrogen-bond acceptors (Lipinski definition) is 27. The van der Waals surface area contributed by atoms with Crippen molar-refractivity contribution >= 4 is 122 Å². The number of amidine groups is 1. The van der Waals surface area contributed by atoms with Gasteiger partial charge < -0.3 is 99.4 Å². The van der Waals surface area contributed by atoms with E-state index in [1.54, 1.807) is 0 Å². The second-order valence-electron chi connectivity index (χ2n) is 34.3. The highest BCUT2D eigenvalue weighted by Gasteiger charge is 2.31. The zero-order valence-corrected chi connectivity index (χ0v) is 77.8. The lowest BCUT2D eigenvalue weighted by molar-refractivity contribution is -0.151. The van der Waals surface area contributed by atoms with Crippen LogP contribution in [0.1, 0.15) is 300 Å². The van der Waals surface area contributed by atoms with E-state index in [0.29, 0.717) is 51.5 Å². The lowest BCUT2D eigenvalue weighted by atomic mass is 10.0. The second kappa shape index (κ2) is 62.7. The Labute approximate surface area is 772 Å². The van der Waals surface area contributed by atoms with Gasteiger partial charge in [-0.3, -0.25) is 81.9 Å². The number of primary amides is 1. The Kier molecular flexibility index (Phi) is 51.9. The number of carbonyl (C=O) groups excluding carboxylic acids is 13. The number of imidazole rings is 3. The largest absolute Gasteiger partial charge is 0.460 e. The van der Waals surface area contributed by atoms with Crippen LogP contribution in [0.2, 0.25) is 0 Å². The number of rotatable bonds is 74. The number of fused-ring (bicyclic) bond motifs is 3. The molecule has 1 aliphatic heterocycles. The first-order chi connectivity index (χ1) is 63.7. The van der Waals surface area contributed by atoms with Crippen molar-refractivity contribution in [1.82, 2.24) is 95.2 Å². The highest BCUT2D eigenvalue weighted by Crippen LogP contribution is 2.25. The molecule has 734 valence electrons. The number of anilines is 2. The normalized spacial score (nSPS) is 12.5. The summed E-state index contributed by atoms with van der Waals surface area (Å²) < 4.78 is 9.57. The van der Waals surface area contributed by atoms with Gasteiger partial charge in [-0.1, -0.05) is 194 Å². The van der Waals surface area contributed by atoms with E-state index in [1.165, 1.54) is 161 Å². The van der Waals surface area contributed by atoms with Crippen LogP contribution in [0.5, 0.6) is 0 Å². The lowest BCUT2D eigenvalue weighted by Crippen LogP contribution is -2.51. The minimum atomic E-state index is -1.18. The van der Waals surface area contributed by atoms with Crippen molar-refractivity contribution in [2.24, 2.45) is 27.9 Å². The summed E-state index contributed by atoms with van der Waals surface area (Å²) >= 11 is 0. The molecule has 0 spiro atoms. The molecule has 0 aromatic carbocycles. The van der Waals surface area contributed by atoms with Crippen molar-refractivity contribution in [3.8, 4) is 0 Å². The Hall–Kier alpha value is -11.6. The number of aromatic amines is 2. The number of nitrogens with zero attached hydrogens (tertiary/aromatic N) is 12. The number of ketones is 2. The van der Waals surface area contributed by atoms with Gasteiger partial charge in [0.1, 0.15) is 49.4 Å². The summed E-state index contributed by atoms with van der Waals surface area (Å²) in [7, 11) is 0. The Balaban J connectivity index is 1.08. The van der Waals surface area contributed by atoms with E-state index in [-0.39, 0.29) is 141 Å². The number of amides is 10. The Morgan fingerprint density at radius 2 is 0.848 bits per heavy atom. The van der Waals surface area contributed by atoms with Crippen LogP contribution in [-0.4, -0.2) is 242 Å². The molecule has 6 rings (SSSR count). The first-order valence-corrected chi connectivity index (χ1v) is 47.9. The van der Waals surface area contributed by atoms with Crippen molar-refractivity contribution in [2.45, 2.75) is 328 Å². The molecule has 3 unspecified atom stereocenters. The highest BCUT2D eigenvalue weighted by molar-refractivity contribution is 6.13. The number of hydrogen-bond donors (Lipinski definition) is 14. The smallest absolute Gasteiger partial charge is 0.306 e. The molecule has 42 heteroatoms. The van der Waals surface area contributed by atoms with E-state index in [4.69, 9.17) is 39.1 Å². The monoisotopic (exact) mass is 1850 g/mol.